The number of rotatable bonds is 5. The Labute approximate surface area is 133 Å². The first-order valence-electron chi connectivity index (χ1n) is 7.40. The number of hydrogen-bond acceptors (Lipinski definition) is 4. The maximum Gasteiger partial charge on any atom is 0.306 e. The van der Waals surface area contributed by atoms with Gasteiger partial charge in [0.1, 0.15) is 5.67 Å². The highest BCUT2D eigenvalue weighted by atomic mass is 32.2. The Morgan fingerprint density at radius 3 is 2.83 bits per heavy atom. The van der Waals surface area contributed by atoms with E-state index in [2.05, 4.69) is 4.72 Å². The van der Waals surface area contributed by atoms with Gasteiger partial charge in [-0.05, 0) is 42.5 Å². The Kier molecular flexibility index (Phi) is 4.16. The molecule has 0 amide bonds. The summed E-state index contributed by atoms with van der Waals surface area (Å²) in [7, 11) is -3.84. The molecule has 1 aliphatic carbocycles. The number of halogens is 1. The highest BCUT2D eigenvalue weighted by molar-refractivity contribution is 7.89. The van der Waals surface area contributed by atoms with Crippen molar-refractivity contribution in [2.24, 2.45) is 5.92 Å². The molecule has 0 aromatic heterocycles. The third kappa shape index (κ3) is 3.39. The van der Waals surface area contributed by atoms with E-state index in [1.807, 2.05) is 0 Å². The number of benzene rings is 1. The molecule has 2 N–H and O–H groups in total. The van der Waals surface area contributed by atoms with Crippen molar-refractivity contribution in [1.29, 1.82) is 0 Å². The number of aliphatic carboxylic acids is 1. The summed E-state index contributed by atoms with van der Waals surface area (Å²) in [5.74, 6) is -1.78. The SMILES string of the molecule is O=C(O)[C@@H]1CC[C@](F)(CNS(=O)(=O)c2ccc3c(c2)COC3)C1. The molecule has 0 saturated heterocycles. The fraction of sp³-hybridized carbons (Fsp3) is 0.533. The van der Waals surface area contributed by atoms with Gasteiger partial charge in [0.2, 0.25) is 10.0 Å². The Balaban J connectivity index is 1.69. The van der Waals surface area contributed by atoms with Crippen molar-refractivity contribution >= 4 is 16.0 Å². The molecule has 3 rings (SSSR count). The molecule has 8 heteroatoms. The van der Waals surface area contributed by atoms with E-state index >= 15 is 0 Å². The summed E-state index contributed by atoms with van der Waals surface area (Å²) in [5.41, 5.74) is -0.0451. The maximum absolute atomic E-state index is 14.6. The number of alkyl halides is 1. The van der Waals surface area contributed by atoms with Crippen LogP contribution in [0.4, 0.5) is 4.39 Å². The first-order chi connectivity index (χ1) is 10.8. The van der Waals surface area contributed by atoms with E-state index < -0.39 is 34.1 Å². The number of hydrogen-bond donors (Lipinski definition) is 2. The minimum Gasteiger partial charge on any atom is -0.481 e. The fourth-order valence-corrected chi connectivity index (χ4v) is 4.23. The first-order valence-corrected chi connectivity index (χ1v) is 8.88. The van der Waals surface area contributed by atoms with E-state index in [0.29, 0.717) is 13.2 Å². The summed E-state index contributed by atoms with van der Waals surface area (Å²) >= 11 is 0. The topological polar surface area (TPSA) is 92.7 Å². The van der Waals surface area contributed by atoms with Gasteiger partial charge in [-0.25, -0.2) is 17.5 Å². The van der Waals surface area contributed by atoms with Gasteiger partial charge < -0.3 is 9.84 Å². The molecule has 1 aliphatic heterocycles. The van der Waals surface area contributed by atoms with Gasteiger partial charge in [-0.1, -0.05) is 6.07 Å². The van der Waals surface area contributed by atoms with Crippen molar-refractivity contribution in [2.75, 3.05) is 6.54 Å². The van der Waals surface area contributed by atoms with Crippen LogP contribution < -0.4 is 4.72 Å². The summed E-state index contributed by atoms with van der Waals surface area (Å²) in [5, 5.41) is 8.92. The predicted molar refractivity (Wildman–Crippen MR) is 78.9 cm³/mol. The molecule has 2 aliphatic rings. The quantitative estimate of drug-likeness (QED) is 0.847. The number of sulfonamides is 1. The van der Waals surface area contributed by atoms with Gasteiger partial charge in [0.15, 0.2) is 0 Å². The first kappa shape index (κ1) is 16.4. The number of nitrogens with one attached hydrogen (secondary N) is 1. The van der Waals surface area contributed by atoms with Crippen LogP contribution in [-0.2, 0) is 32.8 Å². The summed E-state index contributed by atoms with van der Waals surface area (Å²) < 4.78 is 46.7. The average Bonchev–Trinajstić information content (AvgIpc) is 3.11. The Morgan fingerprint density at radius 1 is 1.39 bits per heavy atom. The standard InChI is InChI=1S/C15H18FNO5S/c16-15(4-3-10(6-15)14(18)19)9-17-23(20,21)13-2-1-11-7-22-8-12(11)5-13/h1-2,5,10,17H,3-4,6-9H2,(H,18,19)/t10-,15-/m1/s1. The molecule has 0 bridgehead atoms. The van der Waals surface area contributed by atoms with Crippen molar-refractivity contribution in [2.45, 2.75) is 43.0 Å². The second-order valence-electron chi connectivity index (χ2n) is 6.18. The van der Waals surface area contributed by atoms with Crippen LogP contribution in [0, 0.1) is 5.92 Å². The van der Waals surface area contributed by atoms with E-state index in [-0.39, 0.29) is 24.2 Å². The Hall–Kier alpha value is -1.51. The van der Waals surface area contributed by atoms with Crippen molar-refractivity contribution in [3.63, 3.8) is 0 Å². The fourth-order valence-electron chi connectivity index (χ4n) is 3.07. The average molecular weight is 343 g/mol. The van der Waals surface area contributed by atoms with Crippen molar-refractivity contribution in [3.05, 3.63) is 29.3 Å². The van der Waals surface area contributed by atoms with E-state index in [1.165, 1.54) is 12.1 Å². The Bertz CT molecular complexity index is 735. The minimum atomic E-state index is -3.84. The molecule has 0 spiro atoms. The molecule has 126 valence electrons. The lowest BCUT2D eigenvalue weighted by molar-refractivity contribution is -0.141. The molecule has 1 saturated carbocycles. The molecule has 1 heterocycles. The van der Waals surface area contributed by atoms with Gasteiger partial charge in [0.05, 0.1) is 24.0 Å². The molecule has 1 aromatic carbocycles. The third-order valence-electron chi connectivity index (χ3n) is 4.48. The van der Waals surface area contributed by atoms with Crippen LogP contribution in [0.3, 0.4) is 0 Å². The van der Waals surface area contributed by atoms with Gasteiger partial charge in [-0.2, -0.15) is 0 Å². The number of carboxylic acid groups (broad SMARTS) is 1. The molecule has 1 fully saturated rings. The summed E-state index contributed by atoms with van der Waals surface area (Å²) in [4.78, 5) is 11.0. The predicted octanol–water partition coefficient (Wildman–Crippen LogP) is 1.59. The Morgan fingerprint density at radius 2 is 2.13 bits per heavy atom. The lowest BCUT2D eigenvalue weighted by Gasteiger charge is -2.20. The van der Waals surface area contributed by atoms with Crippen LogP contribution >= 0.6 is 0 Å². The molecular weight excluding hydrogens is 325 g/mol. The molecule has 1 aromatic rings. The van der Waals surface area contributed by atoms with Gasteiger partial charge in [-0.15, -0.1) is 0 Å². The largest absolute Gasteiger partial charge is 0.481 e. The van der Waals surface area contributed by atoms with Crippen LogP contribution in [-0.4, -0.2) is 31.7 Å². The van der Waals surface area contributed by atoms with Crippen LogP contribution in [0.15, 0.2) is 23.1 Å². The van der Waals surface area contributed by atoms with Crippen LogP contribution in [0.25, 0.3) is 0 Å². The smallest absolute Gasteiger partial charge is 0.306 e. The second kappa shape index (κ2) is 5.85. The van der Waals surface area contributed by atoms with Crippen molar-refractivity contribution in [1.82, 2.24) is 4.72 Å². The molecule has 0 radical (unpaired) electrons. The number of carbonyl (C=O) groups is 1. The molecule has 6 nitrogen and oxygen atoms in total. The number of fused-ring (bicyclic) bond motifs is 1. The zero-order valence-corrected chi connectivity index (χ0v) is 13.2. The lowest BCUT2D eigenvalue weighted by Crippen LogP contribution is -2.38. The van der Waals surface area contributed by atoms with Crippen molar-refractivity contribution in [3.8, 4) is 0 Å². The monoisotopic (exact) mass is 343 g/mol. The van der Waals surface area contributed by atoms with Gasteiger partial charge in [0, 0.05) is 6.54 Å². The van der Waals surface area contributed by atoms with Gasteiger partial charge in [-0.3, -0.25) is 4.79 Å². The van der Waals surface area contributed by atoms with E-state index in [4.69, 9.17) is 9.84 Å². The van der Waals surface area contributed by atoms with E-state index in [1.54, 1.807) is 6.07 Å². The molecule has 0 unspecified atom stereocenters. The van der Waals surface area contributed by atoms with Crippen LogP contribution in [0.2, 0.25) is 0 Å². The molecule has 2 atom stereocenters. The van der Waals surface area contributed by atoms with Crippen molar-refractivity contribution < 1.29 is 27.4 Å². The normalized spacial score (nSPS) is 27.1. The molecular formula is C15H18FNO5S. The number of carboxylic acids is 1. The van der Waals surface area contributed by atoms with E-state index in [0.717, 1.165) is 11.1 Å². The van der Waals surface area contributed by atoms with Gasteiger partial charge >= 0.3 is 5.97 Å². The van der Waals surface area contributed by atoms with E-state index in [9.17, 15) is 17.6 Å². The maximum atomic E-state index is 14.6. The zero-order chi connectivity index (χ0) is 16.7. The summed E-state index contributed by atoms with van der Waals surface area (Å²) in [6, 6.07) is 4.69. The summed E-state index contributed by atoms with van der Waals surface area (Å²) in [6.07, 6.45) is 0.108. The molecule has 23 heavy (non-hydrogen) atoms. The zero-order valence-electron chi connectivity index (χ0n) is 12.4. The second-order valence-corrected chi connectivity index (χ2v) is 7.94. The third-order valence-corrected chi connectivity index (χ3v) is 5.88. The van der Waals surface area contributed by atoms with Crippen LogP contribution in [0.5, 0.6) is 0 Å². The summed E-state index contributed by atoms with van der Waals surface area (Å²) in [6.45, 7) is 0.423. The van der Waals surface area contributed by atoms with Crippen LogP contribution in [0.1, 0.15) is 30.4 Å². The van der Waals surface area contributed by atoms with Gasteiger partial charge in [0.25, 0.3) is 0 Å². The highest BCUT2D eigenvalue weighted by Gasteiger charge is 2.43. The lowest BCUT2D eigenvalue weighted by atomic mass is 10.0. The highest BCUT2D eigenvalue weighted by Crippen LogP contribution is 2.37. The minimum absolute atomic E-state index is 0.0461. The number of ether oxygens (including phenoxy) is 1.